The van der Waals surface area contributed by atoms with Gasteiger partial charge in [-0.3, -0.25) is 10.1 Å². The van der Waals surface area contributed by atoms with Crippen molar-refractivity contribution in [2.75, 3.05) is 0 Å². The van der Waals surface area contributed by atoms with Crippen LogP contribution in [-0.2, 0) is 11.2 Å². The molecule has 2 atom stereocenters. The van der Waals surface area contributed by atoms with Crippen molar-refractivity contribution in [3.05, 3.63) is 39.9 Å². The fourth-order valence-electron chi connectivity index (χ4n) is 1.32. The number of benzene rings is 1. The van der Waals surface area contributed by atoms with Crippen molar-refractivity contribution in [3.8, 4) is 0 Å². The van der Waals surface area contributed by atoms with Gasteiger partial charge >= 0.3 is 5.97 Å². The maximum absolute atomic E-state index is 10.5. The monoisotopic (exact) mass is 240 g/mol. The molecule has 0 aromatic heterocycles. The predicted octanol–water partition coefficient (Wildman–Crippen LogP) is -0.0899. The Labute approximate surface area is 96.6 Å². The van der Waals surface area contributed by atoms with Gasteiger partial charge in [0, 0.05) is 18.2 Å². The summed E-state index contributed by atoms with van der Waals surface area (Å²) in [5, 5.41) is 28.1. The molecule has 0 bridgehead atoms. The van der Waals surface area contributed by atoms with E-state index in [9.17, 15) is 14.9 Å². The van der Waals surface area contributed by atoms with Crippen LogP contribution in [0.4, 0.5) is 5.69 Å². The van der Waals surface area contributed by atoms with Crippen LogP contribution >= 0.6 is 0 Å². The standard InChI is InChI=1S/C10H12N2O5/c11-8(9(13)10(14)15)5-6-1-3-7(4-2-6)12(16)17/h1-4,8-9,13H,5,11H2,(H,14,15)/t8-,9+/m1/s1. The van der Waals surface area contributed by atoms with Gasteiger partial charge in [0.25, 0.3) is 5.69 Å². The molecule has 0 unspecified atom stereocenters. The lowest BCUT2D eigenvalue weighted by molar-refractivity contribution is -0.384. The van der Waals surface area contributed by atoms with Crippen LogP contribution in [0.5, 0.6) is 0 Å². The summed E-state index contributed by atoms with van der Waals surface area (Å²) in [6, 6.07) is 4.61. The zero-order valence-electron chi connectivity index (χ0n) is 8.81. The van der Waals surface area contributed by atoms with Gasteiger partial charge in [0.1, 0.15) is 0 Å². The maximum Gasteiger partial charge on any atom is 0.334 e. The number of hydrogen-bond acceptors (Lipinski definition) is 5. The molecule has 92 valence electrons. The molecule has 1 rings (SSSR count). The summed E-state index contributed by atoms with van der Waals surface area (Å²) in [5.41, 5.74) is 6.06. The minimum absolute atomic E-state index is 0.0545. The van der Waals surface area contributed by atoms with Crippen molar-refractivity contribution < 1.29 is 19.9 Å². The summed E-state index contributed by atoms with van der Waals surface area (Å²) in [6.07, 6.45) is -1.52. The largest absolute Gasteiger partial charge is 0.479 e. The number of carboxylic acids is 1. The van der Waals surface area contributed by atoms with Gasteiger partial charge in [-0.25, -0.2) is 4.79 Å². The lowest BCUT2D eigenvalue weighted by atomic mass is 10.0. The number of aliphatic carboxylic acids is 1. The molecular weight excluding hydrogens is 228 g/mol. The van der Waals surface area contributed by atoms with E-state index >= 15 is 0 Å². The number of nitro benzene ring substituents is 1. The Morgan fingerprint density at radius 3 is 2.35 bits per heavy atom. The average Bonchev–Trinajstić information content (AvgIpc) is 2.28. The minimum Gasteiger partial charge on any atom is -0.479 e. The Kier molecular flexibility index (Phi) is 4.13. The zero-order chi connectivity index (χ0) is 13.0. The molecule has 7 heteroatoms. The highest BCUT2D eigenvalue weighted by Gasteiger charge is 2.22. The Balaban J connectivity index is 2.69. The van der Waals surface area contributed by atoms with Gasteiger partial charge < -0.3 is 15.9 Å². The van der Waals surface area contributed by atoms with Crippen LogP contribution in [0.1, 0.15) is 5.56 Å². The van der Waals surface area contributed by atoms with Gasteiger partial charge in [-0.1, -0.05) is 12.1 Å². The molecule has 0 amide bonds. The third kappa shape index (κ3) is 3.51. The van der Waals surface area contributed by atoms with Crippen molar-refractivity contribution in [2.45, 2.75) is 18.6 Å². The molecule has 0 radical (unpaired) electrons. The third-order valence-corrected chi connectivity index (χ3v) is 2.28. The van der Waals surface area contributed by atoms with Crippen LogP contribution in [0.15, 0.2) is 24.3 Å². The van der Waals surface area contributed by atoms with Crippen molar-refractivity contribution in [3.63, 3.8) is 0 Å². The van der Waals surface area contributed by atoms with Crippen molar-refractivity contribution in [2.24, 2.45) is 5.73 Å². The van der Waals surface area contributed by atoms with Gasteiger partial charge in [-0.15, -0.1) is 0 Å². The molecule has 0 aliphatic carbocycles. The second-order valence-corrected chi connectivity index (χ2v) is 3.57. The summed E-state index contributed by atoms with van der Waals surface area (Å²) in [7, 11) is 0. The number of nitrogens with two attached hydrogens (primary N) is 1. The molecule has 0 aliphatic heterocycles. The minimum atomic E-state index is -1.65. The van der Waals surface area contributed by atoms with Crippen molar-refractivity contribution >= 4 is 11.7 Å². The summed E-state index contributed by atoms with van der Waals surface area (Å²) in [6.45, 7) is 0. The molecule has 0 saturated heterocycles. The van der Waals surface area contributed by atoms with E-state index in [0.717, 1.165) is 0 Å². The van der Waals surface area contributed by atoms with Crippen LogP contribution < -0.4 is 5.73 Å². The van der Waals surface area contributed by atoms with Crippen LogP contribution in [0, 0.1) is 10.1 Å². The predicted molar refractivity (Wildman–Crippen MR) is 58.4 cm³/mol. The van der Waals surface area contributed by atoms with Crippen molar-refractivity contribution in [1.29, 1.82) is 0 Å². The van der Waals surface area contributed by atoms with E-state index < -0.39 is 23.0 Å². The highest BCUT2D eigenvalue weighted by Crippen LogP contribution is 2.13. The van der Waals surface area contributed by atoms with Crippen LogP contribution in [0.2, 0.25) is 0 Å². The molecule has 1 aromatic rings. The third-order valence-electron chi connectivity index (χ3n) is 2.28. The highest BCUT2D eigenvalue weighted by atomic mass is 16.6. The first kappa shape index (κ1) is 13.1. The Bertz CT molecular complexity index is 417. The van der Waals surface area contributed by atoms with E-state index in [1.165, 1.54) is 24.3 Å². The molecule has 0 aliphatic rings. The number of hydrogen-bond donors (Lipinski definition) is 3. The van der Waals surface area contributed by atoms with E-state index in [4.69, 9.17) is 15.9 Å². The van der Waals surface area contributed by atoms with Gasteiger partial charge in [0.15, 0.2) is 6.10 Å². The lowest BCUT2D eigenvalue weighted by Crippen LogP contribution is -2.41. The van der Waals surface area contributed by atoms with E-state index in [1.54, 1.807) is 0 Å². The number of nitrogens with zero attached hydrogens (tertiary/aromatic N) is 1. The summed E-state index contributed by atoms with van der Waals surface area (Å²) in [4.78, 5) is 20.3. The zero-order valence-corrected chi connectivity index (χ0v) is 8.81. The Morgan fingerprint density at radius 1 is 1.41 bits per heavy atom. The SMILES string of the molecule is N[C@H](Cc1ccc([N+](=O)[O-])cc1)[C@H](O)C(=O)O. The van der Waals surface area contributed by atoms with Crippen molar-refractivity contribution in [1.82, 2.24) is 0 Å². The molecular formula is C10H12N2O5. The molecule has 1 aromatic carbocycles. The quantitative estimate of drug-likeness (QED) is 0.487. The lowest BCUT2D eigenvalue weighted by Gasteiger charge is -2.14. The fraction of sp³-hybridized carbons (Fsp3) is 0.300. The number of aliphatic hydroxyl groups is 1. The molecule has 0 fully saturated rings. The topological polar surface area (TPSA) is 127 Å². The summed E-state index contributed by atoms with van der Waals surface area (Å²) in [5.74, 6) is -1.39. The number of carboxylic acid groups (broad SMARTS) is 1. The molecule has 0 saturated carbocycles. The van der Waals surface area contributed by atoms with Crippen LogP contribution in [0.3, 0.4) is 0 Å². The average molecular weight is 240 g/mol. The number of non-ortho nitro benzene ring substituents is 1. The normalized spacial score (nSPS) is 14.0. The first-order valence-electron chi connectivity index (χ1n) is 4.81. The van der Waals surface area contributed by atoms with Crippen LogP contribution in [0.25, 0.3) is 0 Å². The highest BCUT2D eigenvalue weighted by molar-refractivity contribution is 5.72. The van der Waals surface area contributed by atoms with Gasteiger partial charge in [-0.05, 0) is 12.0 Å². The first-order chi connectivity index (χ1) is 7.91. The van der Waals surface area contributed by atoms with Crippen LogP contribution in [-0.4, -0.2) is 33.3 Å². The van der Waals surface area contributed by atoms with Gasteiger partial charge in [0.2, 0.25) is 0 Å². The van der Waals surface area contributed by atoms with E-state index in [-0.39, 0.29) is 12.1 Å². The smallest absolute Gasteiger partial charge is 0.334 e. The number of rotatable bonds is 5. The van der Waals surface area contributed by atoms with Gasteiger partial charge in [-0.2, -0.15) is 0 Å². The number of carbonyl (C=O) groups is 1. The molecule has 4 N–H and O–H groups in total. The van der Waals surface area contributed by atoms with E-state index in [1.807, 2.05) is 0 Å². The fourth-order valence-corrected chi connectivity index (χ4v) is 1.32. The summed E-state index contributed by atoms with van der Waals surface area (Å²) < 4.78 is 0. The van der Waals surface area contributed by atoms with E-state index in [2.05, 4.69) is 0 Å². The Morgan fingerprint density at radius 2 is 1.94 bits per heavy atom. The number of aliphatic hydroxyl groups excluding tert-OH is 1. The molecule has 7 nitrogen and oxygen atoms in total. The molecule has 17 heavy (non-hydrogen) atoms. The number of nitro groups is 1. The van der Waals surface area contributed by atoms with Gasteiger partial charge in [0.05, 0.1) is 4.92 Å². The Hall–Kier alpha value is -1.99. The maximum atomic E-state index is 10.5. The second kappa shape index (κ2) is 5.37. The molecule has 0 spiro atoms. The van der Waals surface area contributed by atoms with E-state index in [0.29, 0.717) is 5.56 Å². The summed E-state index contributed by atoms with van der Waals surface area (Å²) >= 11 is 0. The second-order valence-electron chi connectivity index (χ2n) is 3.57. The molecule has 0 heterocycles. The first-order valence-corrected chi connectivity index (χ1v) is 4.81.